The number of hydrogen-bond donors (Lipinski definition) is 1. The van der Waals surface area contributed by atoms with Gasteiger partial charge in [0.25, 0.3) is 0 Å². The maximum atomic E-state index is 10.0. The largest absolute Gasteiger partial charge is 0.388 e. The van der Waals surface area contributed by atoms with Crippen molar-refractivity contribution in [1.29, 1.82) is 0 Å². The minimum atomic E-state index is -0.357. The van der Waals surface area contributed by atoms with Crippen LogP contribution in [0.25, 0.3) is 0 Å². The lowest BCUT2D eigenvalue weighted by molar-refractivity contribution is 0.0330. The molecule has 1 heterocycles. The van der Waals surface area contributed by atoms with Crippen molar-refractivity contribution < 1.29 is 5.11 Å². The van der Waals surface area contributed by atoms with Gasteiger partial charge in [-0.05, 0) is 24.3 Å². The van der Waals surface area contributed by atoms with E-state index in [2.05, 4.69) is 18.8 Å². The molecule has 2 rings (SSSR count). The summed E-state index contributed by atoms with van der Waals surface area (Å²) in [5.41, 5.74) is 2.07. The van der Waals surface area contributed by atoms with Gasteiger partial charge >= 0.3 is 0 Å². The van der Waals surface area contributed by atoms with Crippen molar-refractivity contribution in [3.05, 3.63) is 29.6 Å². The molecule has 0 bridgehead atoms. The second kappa shape index (κ2) is 2.81. The van der Waals surface area contributed by atoms with Crippen molar-refractivity contribution in [3.63, 3.8) is 0 Å². The third-order valence-electron chi connectivity index (χ3n) is 2.97. The van der Waals surface area contributed by atoms with E-state index in [0.29, 0.717) is 0 Å². The first-order valence-corrected chi connectivity index (χ1v) is 4.73. The molecule has 0 saturated heterocycles. The Morgan fingerprint density at radius 2 is 2.31 bits per heavy atom. The number of nitrogens with zero attached hydrogens (tertiary/aromatic N) is 1. The van der Waals surface area contributed by atoms with Gasteiger partial charge in [0.05, 0.1) is 6.10 Å². The van der Waals surface area contributed by atoms with Crippen LogP contribution in [0.5, 0.6) is 0 Å². The highest BCUT2D eigenvalue weighted by atomic mass is 16.3. The van der Waals surface area contributed by atoms with Gasteiger partial charge in [0.1, 0.15) is 0 Å². The molecule has 13 heavy (non-hydrogen) atoms. The molecular weight excluding hydrogens is 162 g/mol. The van der Waals surface area contributed by atoms with E-state index in [-0.39, 0.29) is 11.5 Å². The highest BCUT2D eigenvalue weighted by Gasteiger charge is 2.34. The van der Waals surface area contributed by atoms with E-state index in [1.165, 1.54) is 0 Å². The molecule has 0 spiro atoms. The van der Waals surface area contributed by atoms with Crippen LogP contribution in [-0.2, 0) is 6.42 Å². The topological polar surface area (TPSA) is 33.1 Å². The number of aromatic nitrogens is 1. The number of aliphatic hydroxyl groups is 1. The summed E-state index contributed by atoms with van der Waals surface area (Å²) in [5, 5.41) is 10.0. The van der Waals surface area contributed by atoms with Crippen LogP contribution >= 0.6 is 0 Å². The maximum Gasteiger partial charge on any atom is 0.0858 e. The molecule has 1 aliphatic rings. The molecule has 0 aliphatic heterocycles. The van der Waals surface area contributed by atoms with Gasteiger partial charge in [-0.3, -0.25) is 4.98 Å². The summed E-state index contributed by atoms with van der Waals surface area (Å²) in [5.74, 6) is 0. The highest BCUT2D eigenvalue weighted by Crippen LogP contribution is 2.42. The Bertz CT molecular complexity index is 320. The van der Waals surface area contributed by atoms with Crippen molar-refractivity contribution in [2.24, 2.45) is 5.41 Å². The zero-order chi connectivity index (χ0) is 9.47. The second-order valence-corrected chi connectivity index (χ2v) is 4.43. The molecule has 1 atom stereocenters. The molecule has 0 radical (unpaired) electrons. The van der Waals surface area contributed by atoms with Crippen LogP contribution in [0, 0.1) is 5.41 Å². The predicted molar refractivity (Wildman–Crippen MR) is 51.3 cm³/mol. The molecule has 2 nitrogen and oxygen atoms in total. The quantitative estimate of drug-likeness (QED) is 0.658. The molecule has 0 aromatic carbocycles. The minimum absolute atomic E-state index is 0.00394. The fourth-order valence-electron chi connectivity index (χ4n) is 1.91. The molecule has 70 valence electrons. The van der Waals surface area contributed by atoms with Crippen LogP contribution in [0.4, 0.5) is 0 Å². The molecule has 1 aliphatic carbocycles. The molecule has 1 unspecified atom stereocenters. The van der Waals surface area contributed by atoms with Crippen molar-refractivity contribution in [3.8, 4) is 0 Å². The zero-order valence-corrected chi connectivity index (χ0v) is 8.12. The van der Waals surface area contributed by atoms with Gasteiger partial charge in [-0.25, -0.2) is 0 Å². The fourth-order valence-corrected chi connectivity index (χ4v) is 1.91. The summed E-state index contributed by atoms with van der Waals surface area (Å²) >= 11 is 0. The zero-order valence-electron chi connectivity index (χ0n) is 8.12. The summed E-state index contributed by atoms with van der Waals surface area (Å²) in [7, 11) is 0. The van der Waals surface area contributed by atoms with Crippen molar-refractivity contribution >= 4 is 0 Å². The summed E-state index contributed by atoms with van der Waals surface area (Å²) < 4.78 is 0. The summed E-state index contributed by atoms with van der Waals surface area (Å²) in [4.78, 5) is 4.28. The maximum absolute atomic E-state index is 10.0. The summed E-state index contributed by atoms with van der Waals surface area (Å²) in [6.07, 6.45) is 3.44. The van der Waals surface area contributed by atoms with E-state index in [1.54, 1.807) is 6.20 Å². The Morgan fingerprint density at radius 1 is 1.54 bits per heavy atom. The Labute approximate surface area is 78.6 Å². The smallest absolute Gasteiger partial charge is 0.0858 e. The molecule has 0 amide bonds. The number of pyridine rings is 1. The Balaban J connectivity index is 2.45. The molecule has 2 heteroatoms. The normalized spacial score (nSPS) is 25.3. The van der Waals surface area contributed by atoms with Gasteiger partial charge < -0.3 is 5.11 Å². The summed E-state index contributed by atoms with van der Waals surface area (Å²) in [6, 6.07) is 3.87. The van der Waals surface area contributed by atoms with Gasteiger partial charge in [0, 0.05) is 17.5 Å². The molecule has 0 fully saturated rings. The first kappa shape index (κ1) is 8.70. The van der Waals surface area contributed by atoms with Crippen LogP contribution in [0.15, 0.2) is 18.3 Å². The van der Waals surface area contributed by atoms with Gasteiger partial charge in [0.2, 0.25) is 0 Å². The molecular formula is C11H15NO. The van der Waals surface area contributed by atoms with Crippen LogP contribution in [-0.4, -0.2) is 10.1 Å². The van der Waals surface area contributed by atoms with Crippen LogP contribution in [0.3, 0.4) is 0 Å². The average Bonchev–Trinajstić information content (AvgIpc) is 2.13. The lowest BCUT2D eigenvalue weighted by Crippen LogP contribution is -2.28. The lowest BCUT2D eigenvalue weighted by Gasteiger charge is -2.35. The van der Waals surface area contributed by atoms with E-state index in [4.69, 9.17) is 0 Å². The van der Waals surface area contributed by atoms with E-state index in [0.717, 1.165) is 24.1 Å². The standard InChI is InChI=1S/C11H15NO/c1-11(2)6-5-9-8(10(11)13)4-3-7-12-9/h3-4,7,10,13H,5-6H2,1-2H3. The fraction of sp³-hybridized carbons (Fsp3) is 0.545. The SMILES string of the molecule is CC1(C)CCc2ncccc2C1O. The van der Waals surface area contributed by atoms with Crippen molar-refractivity contribution in [2.45, 2.75) is 32.8 Å². The monoisotopic (exact) mass is 177 g/mol. The minimum Gasteiger partial charge on any atom is -0.388 e. The van der Waals surface area contributed by atoms with Gasteiger partial charge in [-0.15, -0.1) is 0 Å². The van der Waals surface area contributed by atoms with Crippen LogP contribution in [0.2, 0.25) is 0 Å². The van der Waals surface area contributed by atoms with Gasteiger partial charge in [-0.1, -0.05) is 19.9 Å². The predicted octanol–water partition coefficient (Wildman–Crippen LogP) is 2.09. The number of hydrogen-bond acceptors (Lipinski definition) is 2. The van der Waals surface area contributed by atoms with Crippen LogP contribution in [0.1, 0.15) is 37.6 Å². The third-order valence-corrected chi connectivity index (χ3v) is 2.97. The van der Waals surface area contributed by atoms with E-state index >= 15 is 0 Å². The Morgan fingerprint density at radius 3 is 3.08 bits per heavy atom. The average molecular weight is 177 g/mol. The summed E-state index contributed by atoms with van der Waals surface area (Å²) in [6.45, 7) is 4.21. The lowest BCUT2D eigenvalue weighted by atomic mass is 9.73. The number of rotatable bonds is 0. The van der Waals surface area contributed by atoms with E-state index in [9.17, 15) is 5.11 Å². The first-order valence-electron chi connectivity index (χ1n) is 4.73. The van der Waals surface area contributed by atoms with E-state index in [1.807, 2.05) is 12.1 Å². The number of aryl methyl sites for hydroxylation is 1. The molecule has 1 aromatic rings. The highest BCUT2D eigenvalue weighted by molar-refractivity contribution is 5.27. The van der Waals surface area contributed by atoms with Crippen LogP contribution < -0.4 is 0 Å². The second-order valence-electron chi connectivity index (χ2n) is 4.43. The third kappa shape index (κ3) is 1.35. The van der Waals surface area contributed by atoms with Crippen molar-refractivity contribution in [2.75, 3.05) is 0 Å². The Hall–Kier alpha value is -0.890. The van der Waals surface area contributed by atoms with Crippen molar-refractivity contribution in [1.82, 2.24) is 4.98 Å². The number of fused-ring (bicyclic) bond motifs is 1. The van der Waals surface area contributed by atoms with Gasteiger partial charge in [0.15, 0.2) is 0 Å². The van der Waals surface area contributed by atoms with Gasteiger partial charge in [-0.2, -0.15) is 0 Å². The van der Waals surface area contributed by atoms with E-state index < -0.39 is 0 Å². The molecule has 1 aromatic heterocycles. The molecule has 1 N–H and O–H groups in total. The first-order chi connectivity index (χ1) is 6.11. The number of aliphatic hydroxyl groups excluding tert-OH is 1. The molecule has 0 saturated carbocycles. The Kier molecular flexibility index (Phi) is 1.88.